The molecule has 0 unspecified atom stereocenters. The molecule has 0 N–H and O–H groups in total. The summed E-state index contributed by atoms with van der Waals surface area (Å²) in [4.78, 5) is 14.2. The van der Waals surface area contributed by atoms with Crippen molar-refractivity contribution in [2.75, 3.05) is 25.0 Å². The molecule has 0 radical (unpaired) electrons. The molecule has 120 valence electrons. The van der Waals surface area contributed by atoms with E-state index in [1.54, 1.807) is 46.6 Å². The van der Waals surface area contributed by atoms with E-state index in [0.29, 0.717) is 28.9 Å². The molecule has 6 heteroatoms. The molecule has 1 fully saturated rings. The molecule has 2 heterocycles. The summed E-state index contributed by atoms with van der Waals surface area (Å²) in [7, 11) is -1.81. The van der Waals surface area contributed by atoms with Crippen LogP contribution in [-0.4, -0.2) is 38.8 Å². The van der Waals surface area contributed by atoms with Gasteiger partial charge in [0.25, 0.3) is 5.91 Å². The van der Waals surface area contributed by atoms with Gasteiger partial charge in [-0.3, -0.25) is 4.79 Å². The van der Waals surface area contributed by atoms with Crippen LogP contribution >= 0.6 is 0 Å². The minimum Gasteiger partial charge on any atom is -0.311 e. The van der Waals surface area contributed by atoms with E-state index in [1.165, 1.54) is 0 Å². The van der Waals surface area contributed by atoms with Gasteiger partial charge in [-0.05, 0) is 31.0 Å². The van der Waals surface area contributed by atoms with Gasteiger partial charge in [-0.15, -0.1) is 0 Å². The summed E-state index contributed by atoms with van der Waals surface area (Å²) >= 11 is 0. The Kier molecular flexibility index (Phi) is 3.21. The third-order valence-corrected chi connectivity index (χ3v) is 6.76. The van der Waals surface area contributed by atoms with Gasteiger partial charge in [-0.25, -0.2) is 8.42 Å². The van der Waals surface area contributed by atoms with Crippen LogP contribution in [-0.2, 0) is 10.0 Å². The predicted molar refractivity (Wildman–Crippen MR) is 89.3 cm³/mol. The first-order chi connectivity index (χ1) is 11.0. The lowest BCUT2D eigenvalue weighted by Crippen LogP contribution is -2.35. The first-order valence-corrected chi connectivity index (χ1v) is 9.30. The molecule has 0 spiro atoms. The summed E-state index contributed by atoms with van der Waals surface area (Å²) in [6.45, 7) is 1.15. The number of amides is 1. The van der Waals surface area contributed by atoms with Gasteiger partial charge >= 0.3 is 0 Å². The second-order valence-corrected chi connectivity index (χ2v) is 8.05. The molecule has 1 saturated heterocycles. The first kappa shape index (κ1) is 14.7. The summed E-state index contributed by atoms with van der Waals surface area (Å²) in [6, 6.07) is 8.70. The molecule has 2 aliphatic heterocycles. The normalized spacial score (nSPS) is 18.8. The zero-order valence-electron chi connectivity index (χ0n) is 12.9. The van der Waals surface area contributed by atoms with Crippen LogP contribution in [0, 0.1) is 0 Å². The number of piperidine rings is 1. The van der Waals surface area contributed by atoms with Crippen LogP contribution in [0.1, 0.15) is 29.6 Å². The summed E-state index contributed by atoms with van der Waals surface area (Å²) in [6.07, 6.45) is 2.89. The van der Waals surface area contributed by atoms with Crippen molar-refractivity contribution in [2.45, 2.75) is 24.2 Å². The number of sulfonamides is 1. The van der Waals surface area contributed by atoms with E-state index in [-0.39, 0.29) is 5.91 Å². The Morgan fingerprint density at radius 3 is 2.48 bits per heavy atom. The Labute approximate surface area is 135 Å². The van der Waals surface area contributed by atoms with Gasteiger partial charge in [0.2, 0.25) is 10.0 Å². The van der Waals surface area contributed by atoms with E-state index in [4.69, 9.17) is 0 Å². The summed E-state index contributed by atoms with van der Waals surface area (Å²) in [5.74, 6) is -0.0851. The molecule has 2 aromatic rings. The molecule has 0 atom stereocenters. The largest absolute Gasteiger partial charge is 0.311 e. The lowest BCUT2D eigenvalue weighted by Gasteiger charge is -2.26. The Morgan fingerprint density at radius 2 is 1.74 bits per heavy atom. The highest BCUT2D eigenvalue weighted by molar-refractivity contribution is 7.89. The highest BCUT2D eigenvalue weighted by Crippen LogP contribution is 2.40. The van der Waals surface area contributed by atoms with Gasteiger partial charge < -0.3 is 4.90 Å². The molecular weight excluding hydrogens is 312 g/mol. The van der Waals surface area contributed by atoms with Crippen molar-refractivity contribution >= 4 is 32.4 Å². The fraction of sp³-hybridized carbons (Fsp3) is 0.353. The number of rotatable bonds is 2. The van der Waals surface area contributed by atoms with Crippen molar-refractivity contribution in [3.05, 3.63) is 35.9 Å². The van der Waals surface area contributed by atoms with E-state index in [9.17, 15) is 13.2 Å². The quantitative estimate of drug-likeness (QED) is 0.850. The molecule has 23 heavy (non-hydrogen) atoms. The van der Waals surface area contributed by atoms with E-state index < -0.39 is 10.0 Å². The number of hydrogen-bond acceptors (Lipinski definition) is 3. The second kappa shape index (κ2) is 5.04. The topological polar surface area (TPSA) is 57.7 Å². The van der Waals surface area contributed by atoms with Crippen molar-refractivity contribution in [1.82, 2.24) is 4.31 Å². The van der Waals surface area contributed by atoms with Gasteiger partial charge in [0.05, 0.1) is 10.6 Å². The van der Waals surface area contributed by atoms with E-state index in [2.05, 4.69) is 0 Å². The van der Waals surface area contributed by atoms with Gasteiger partial charge in [0.1, 0.15) is 0 Å². The maximum atomic E-state index is 13.0. The van der Waals surface area contributed by atoms with Gasteiger partial charge in [-0.1, -0.05) is 18.6 Å². The lowest BCUT2D eigenvalue weighted by molar-refractivity contribution is 0.0999. The zero-order valence-corrected chi connectivity index (χ0v) is 13.8. The third-order valence-electron chi connectivity index (χ3n) is 4.81. The third kappa shape index (κ3) is 2.01. The van der Waals surface area contributed by atoms with Crippen molar-refractivity contribution < 1.29 is 13.2 Å². The first-order valence-electron chi connectivity index (χ1n) is 7.86. The molecular formula is C17H18N2O3S. The zero-order chi connectivity index (χ0) is 16.2. The molecule has 0 aliphatic carbocycles. The summed E-state index contributed by atoms with van der Waals surface area (Å²) < 4.78 is 27.6. The minimum atomic E-state index is -3.53. The Bertz CT molecular complexity index is 915. The molecule has 0 saturated carbocycles. The van der Waals surface area contributed by atoms with Gasteiger partial charge in [-0.2, -0.15) is 4.31 Å². The molecule has 0 bridgehead atoms. The highest BCUT2D eigenvalue weighted by Gasteiger charge is 2.32. The number of nitrogens with zero attached hydrogens (tertiary/aromatic N) is 2. The van der Waals surface area contributed by atoms with Crippen molar-refractivity contribution in [3.8, 4) is 0 Å². The average Bonchev–Trinajstić information content (AvgIpc) is 2.83. The fourth-order valence-corrected chi connectivity index (χ4v) is 5.28. The smallest absolute Gasteiger partial charge is 0.258 e. The van der Waals surface area contributed by atoms with Gasteiger partial charge in [0, 0.05) is 36.5 Å². The van der Waals surface area contributed by atoms with Crippen LogP contribution in [0.4, 0.5) is 5.69 Å². The van der Waals surface area contributed by atoms with Crippen molar-refractivity contribution in [2.24, 2.45) is 0 Å². The molecule has 0 aromatic heterocycles. The monoisotopic (exact) mass is 330 g/mol. The molecule has 2 aromatic carbocycles. The SMILES string of the molecule is CN1C(=O)c2cccc3c(S(=O)(=O)N4CCCCC4)ccc1c23. The van der Waals surface area contributed by atoms with E-state index >= 15 is 0 Å². The minimum absolute atomic E-state index is 0.0851. The average molecular weight is 330 g/mol. The molecule has 4 rings (SSSR count). The van der Waals surface area contributed by atoms with Crippen LogP contribution in [0.3, 0.4) is 0 Å². The number of carbonyl (C=O) groups excluding carboxylic acids is 1. The second-order valence-electron chi connectivity index (χ2n) is 6.14. The fourth-order valence-electron chi connectivity index (χ4n) is 3.58. The van der Waals surface area contributed by atoms with Crippen LogP contribution < -0.4 is 4.90 Å². The Morgan fingerprint density at radius 1 is 1.00 bits per heavy atom. The summed E-state index contributed by atoms with van der Waals surface area (Å²) in [5, 5.41) is 1.39. The number of anilines is 1. The van der Waals surface area contributed by atoms with Crippen LogP contribution in [0.15, 0.2) is 35.2 Å². The number of hydrogen-bond donors (Lipinski definition) is 0. The maximum Gasteiger partial charge on any atom is 0.258 e. The number of carbonyl (C=O) groups is 1. The molecule has 1 amide bonds. The van der Waals surface area contributed by atoms with Crippen LogP contribution in [0.5, 0.6) is 0 Å². The van der Waals surface area contributed by atoms with Crippen LogP contribution in [0.2, 0.25) is 0 Å². The lowest BCUT2D eigenvalue weighted by atomic mass is 10.1. The molecule has 2 aliphatic rings. The predicted octanol–water partition coefficient (Wildman–Crippen LogP) is 2.60. The highest BCUT2D eigenvalue weighted by atomic mass is 32.2. The summed E-state index contributed by atoms with van der Waals surface area (Å²) in [5.41, 5.74) is 1.36. The van der Waals surface area contributed by atoms with Crippen molar-refractivity contribution in [3.63, 3.8) is 0 Å². The van der Waals surface area contributed by atoms with E-state index in [0.717, 1.165) is 30.3 Å². The standard InChI is InChI=1S/C17H18N2O3S/c1-18-14-8-9-15(23(21,22)19-10-3-2-4-11-19)12-6-5-7-13(16(12)14)17(18)20/h5-9H,2-4,10-11H2,1H3. The van der Waals surface area contributed by atoms with Crippen molar-refractivity contribution in [1.29, 1.82) is 0 Å². The van der Waals surface area contributed by atoms with E-state index in [1.807, 2.05) is 0 Å². The van der Waals surface area contributed by atoms with Gasteiger partial charge in [0.15, 0.2) is 0 Å². The maximum absolute atomic E-state index is 13.0. The Balaban J connectivity index is 1.95. The van der Waals surface area contributed by atoms with Crippen LogP contribution in [0.25, 0.3) is 10.8 Å². The Hall–Kier alpha value is -1.92. The molecule has 5 nitrogen and oxygen atoms in total. The number of benzene rings is 2.